The van der Waals surface area contributed by atoms with E-state index in [1.807, 2.05) is 38.1 Å². The lowest BCUT2D eigenvalue weighted by Gasteiger charge is -2.32. The Morgan fingerprint density at radius 1 is 0.971 bits per heavy atom. The van der Waals surface area contributed by atoms with Gasteiger partial charge in [0.2, 0.25) is 17.7 Å². The molecule has 1 saturated carbocycles. The fraction of sp³-hybridized carbons (Fsp3) is 0.444. The van der Waals surface area contributed by atoms with Crippen molar-refractivity contribution in [2.45, 2.75) is 65.0 Å². The number of hydrogen-bond acceptors (Lipinski definition) is 4. The van der Waals surface area contributed by atoms with E-state index in [0.717, 1.165) is 36.8 Å². The highest BCUT2D eigenvalue weighted by atomic mass is 32.2. The third-order valence-electron chi connectivity index (χ3n) is 6.27. The maximum Gasteiger partial charge on any atom is 0.243 e. The van der Waals surface area contributed by atoms with E-state index in [0.29, 0.717) is 11.4 Å². The summed E-state index contributed by atoms with van der Waals surface area (Å²) in [6.45, 7) is 5.51. The van der Waals surface area contributed by atoms with Crippen LogP contribution < -0.4 is 15.5 Å². The average Bonchev–Trinajstić information content (AvgIpc) is 2.82. The van der Waals surface area contributed by atoms with Gasteiger partial charge in [0.1, 0.15) is 17.5 Å². The first kappa shape index (κ1) is 26.6. The number of carbonyl (C=O) groups excluding carboxylic acids is 3. The largest absolute Gasteiger partial charge is 0.352 e. The van der Waals surface area contributed by atoms with Crippen LogP contribution in [0.4, 0.5) is 11.4 Å². The fourth-order valence-electron chi connectivity index (χ4n) is 4.32. The standard InChI is InChI=1S/C27H35N3O4S/c1-19-13-15-23(16-14-19)28-25(31)17-35(34)18-26(32)30(24-12-8-7-9-20(24)2)21(3)27(33)29-22-10-5-4-6-11-22/h7-9,12-16,21-22H,4-6,10-11,17-18H2,1-3H3,(H,28,31)(H,29,33). The van der Waals surface area contributed by atoms with E-state index in [-0.39, 0.29) is 23.5 Å². The molecule has 2 unspecified atom stereocenters. The smallest absolute Gasteiger partial charge is 0.243 e. The number of para-hydroxylation sites is 1. The molecule has 0 radical (unpaired) electrons. The van der Waals surface area contributed by atoms with Crippen LogP contribution in [0.25, 0.3) is 0 Å². The number of nitrogens with one attached hydrogen (secondary N) is 2. The van der Waals surface area contributed by atoms with E-state index in [4.69, 9.17) is 0 Å². The molecule has 7 nitrogen and oxygen atoms in total. The number of amides is 3. The van der Waals surface area contributed by atoms with Crippen LogP contribution in [-0.2, 0) is 25.2 Å². The number of anilines is 2. The molecule has 188 valence electrons. The maximum atomic E-state index is 13.3. The highest BCUT2D eigenvalue weighted by molar-refractivity contribution is 7.86. The molecule has 0 heterocycles. The van der Waals surface area contributed by atoms with Crippen molar-refractivity contribution < 1.29 is 18.6 Å². The van der Waals surface area contributed by atoms with Crippen molar-refractivity contribution in [3.63, 3.8) is 0 Å². The molecular weight excluding hydrogens is 462 g/mol. The van der Waals surface area contributed by atoms with Crippen molar-refractivity contribution in [2.24, 2.45) is 0 Å². The molecule has 2 atom stereocenters. The van der Waals surface area contributed by atoms with Gasteiger partial charge in [-0.15, -0.1) is 0 Å². The van der Waals surface area contributed by atoms with Gasteiger partial charge in [-0.1, -0.05) is 55.2 Å². The quantitative estimate of drug-likeness (QED) is 0.550. The number of carbonyl (C=O) groups is 3. The van der Waals surface area contributed by atoms with Crippen LogP contribution in [0.15, 0.2) is 48.5 Å². The number of hydrogen-bond donors (Lipinski definition) is 2. The van der Waals surface area contributed by atoms with Gasteiger partial charge in [0.05, 0.1) is 0 Å². The second-order valence-corrected chi connectivity index (χ2v) is 10.7. The van der Waals surface area contributed by atoms with Crippen LogP contribution in [-0.4, -0.2) is 45.5 Å². The lowest BCUT2D eigenvalue weighted by atomic mass is 9.95. The van der Waals surface area contributed by atoms with Crippen molar-refractivity contribution in [3.8, 4) is 0 Å². The topological polar surface area (TPSA) is 95.6 Å². The van der Waals surface area contributed by atoms with Gasteiger partial charge < -0.3 is 10.6 Å². The monoisotopic (exact) mass is 497 g/mol. The van der Waals surface area contributed by atoms with Gasteiger partial charge in [0.15, 0.2) is 0 Å². The van der Waals surface area contributed by atoms with Gasteiger partial charge in [0, 0.05) is 28.2 Å². The van der Waals surface area contributed by atoms with E-state index in [1.54, 1.807) is 31.2 Å². The zero-order chi connectivity index (χ0) is 25.4. The van der Waals surface area contributed by atoms with E-state index < -0.39 is 28.7 Å². The molecule has 0 bridgehead atoms. The SMILES string of the molecule is Cc1ccc(NC(=O)CS(=O)CC(=O)N(c2ccccc2C)C(C)C(=O)NC2CCCCC2)cc1. The summed E-state index contributed by atoms with van der Waals surface area (Å²) in [6, 6.07) is 13.9. The molecule has 2 aromatic carbocycles. The van der Waals surface area contributed by atoms with Gasteiger partial charge in [-0.3, -0.25) is 23.5 Å². The molecular formula is C27H35N3O4S. The van der Waals surface area contributed by atoms with E-state index in [1.165, 1.54) is 11.3 Å². The van der Waals surface area contributed by atoms with Crippen LogP contribution in [0.5, 0.6) is 0 Å². The van der Waals surface area contributed by atoms with Crippen LogP contribution in [0.1, 0.15) is 50.2 Å². The summed E-state index contributed by atoms with van der Waals surface area (Å²) < 4.78 is 12.7. The molecule has 3 rings (SSSR count). The van der Waals surface area contributed by atoms with Crippen LogP contribution >= 0.6 is 0 Å². The van der Waals surface area contributed by atoms with Crippen LogP contribution in [0.2, 0.25) is 0 Å². The summed E-state index contributed by atoms with van der Waals surface area (Å²) in [5.41, 5.74) is 3.11. The van der Waals surface area contributed by atoms with Crippen LogP contribution in [0.3, 0.4) is 0 Å². The summed E-state index contributed by atoms with van der Waals surface area (Å²) in [6.07, 6.45) is 5.24. The first-order valence-electron chi connectivity index (χ1n) is 12.1. The van der Waals surface area contributed by atoms with E-state index in [2.05, 4.69) is 10.6 Å². The highest BCUT2D eigenvalue weighted by Gasteiger charge is 2.31. The average molecular weight is 498 g/mol. The van der Waals surface area contributed by atoms with Crippen molar-refractivity contribution in [1.29, 1.82) is 0 Å². The molecule has 1 aliphatic carbocycles. The number of benzene rings is 2. The Morgan fingerprint density at radius 2 is 1.63 bits per heavy atom. The normalized spacial score (nSPS) is 15.6. The summed E-state index contributed by atoms with van der Waals surface area (Å²) in [5, 5.41) is 5.80. The molecule has 2 aromatic rings. The maximum absolute atomic E-state index is 13.3. The minimum atomic E-state index is -1.73. The van der Waals surface area contributed by atoms with Gasteiger partial charge in [0.25, 0.3) is 0 Å². The Bertz CT molecular complexity index is 1060. The van der Waals surface area contributed by atoms with Crippen molar-refractivity contribution in [2.75, 3.05) is 21.7 Å². The molecule has 8 heteroatoms. The fourth-order valence-corrected chi connectivity index (χ4v) is 5.20. The Morgan fingerprint density at radius 3 is 2.29 bits per heavy atom. The lowest BCUT2D eigenvalue weighted by Crippen LogP contribution is -2.52. The molecule has 0 saturated heterocycles. The summed E-state index contributed by atoms with van der Waals surface area (Å²) in [7, 11) is -1.73. The number of aryl methyl sites for hydroxylation is 2. The first-order chi connectivity index (χ1) is 16.7. The summed E-state index contributed by atoms with van der Waals surface area (Å²) in [5.74, 6) is -1.75. The molecule has 1 fully saturated rings. The molecule has 0 aromatic heterocycles. The third-order valence-corrected chi connectivity index (χ3v) is 7.43. The number of rotatable bonds is 9. The van der Waals surface area contributed by atoms with Crippen molar-refractivity contribution >= 4 is 39.9 Å². The molecule has 1 aliphatic rings. The minimum Gasteiger partial charge on any atom is -0.352 e. The zero-order valence-corrected chi connectivity index (χ0v) is 21.5. The number of nitrogens with zero attached hydrogens (tertiary/aromatic N) is 1. The second kappa shape index (κ2) is 12.6. The minimum absolute atomic E-state index is 0.118. The Kier molecular flexibility index (Phi) is 9.60. The van der Waals surface area contributed by atoms with Gasteiger partial charge in [-0.2, -0.15) is 0 Å². The molecule has 0 spiro atoms. The molecule has 0 aliphatic heterocycles. The van der Waals surface area contributed by atoms with E-state index >= 15 is 0 Å². The summed E-state index contributed by atoms with van der Waals surface area (Å²) in [4.78, 5) is 40.2. The molecule has 2 N–H and O–H groups in total. The predicted molar refractivity (Wildman–Crippen MR) is 141 cm³/mol. The lowest BCUT2D eigenvalue weighted by molar-refractivity contribution is -0.126. The Balaban J connectivity index is 1.68. The third kappa shape index (κ3) is 7.75. The van der Waals surface area contributed by atoms with Gasteiger partial charge >= 0.3 is 0 Å². The van der Waals surface area contributed by atoms with Crippen molar-refractivity contribution in [1.82, 2.24) is 5.32 Å². The Hall–Kier alpha value is -3.00. The van der Waals surface area contributed by atoms with E-state index in [9.17, 15) is 18.6 Å². The zero-order valence-electron chi connectivity index (χ0n) is 20.7. The molecule has 3 amide bonds. The first-order valence-corrected chi connectivity index (χ1v) is 13.6. The molecule has 35 heavy (non-hydrogen) atoms. The van der Waals surface area contributed by atoms with Gasteiger partial charge in [-0.05, 0) is 57.4 Å². The highest BCUT2D eigenvalue weighted by Crippen LogP contribution is 2.23. The predicted octanol–water partition coefficient (Wildman–Crippen LogP) is 3.86. The Labute approximate surface area is 210 Å². The second-order valence-electron chi connectivity index (χ2n) is 9.21. The summed E-state index contributed by atoms with van der Waals surface area (Å²) >= 11 is 0. The van der Waals surface area contributed by atoms with Crippen LogP contribution in [0, 0.1) is 13.8 Å². The van der Waals surface area contributed by atoms with Crippen molar-refractivity contribution in [3.05, 3.63) is 59.7 Å². The van der Waals surface area contributed by atoms with Gasteiger partial charge in [-0.25, -0.2) is 0 Å².